The molecule has 150 valence electrons. The first-order valence-corrected chi connectivity index (χ1v) is 11.5. The molecule has 1 heterocycles. The van der Waals surface area contributed by atoms with Crippen LogP contribution in [0.3, 0.4) is 0 Å². The number of halogens is 1. The van der Waals surface area contributed by atoms with E-state index < -0.39 is 22.4 Å². The van der Waals surface area contributed by atoms with Gasteiger partial charge in [-0.25, -0.2) is 13.2 Å². The van der Waals surface area contributed by atoms with Crippen LogP contribution in [0.5, 0.6) is 5.75 Å². The van der Waals surface area contributed by atoms with Crippen molar-refractivity contribution in [2.24, 2.45) is 0 Å². The first kappa shape index (κ1) is 21.7. The topological polar surface area (TPSA) is 90.0 Å². The van der Waals surface area contributed by atoms with Crippen molar-refractivity contribution in [2.45, 2.75) is 32.2 Å². The molecule has 0 aromatic heterocycles. The average molecular weight is 462 g/mol. The Hall–Kier alpha value is -1.61. The SMILES string of the molecule is CCCCN(C(=O)COC(=O)COc1ccc(Br)cc1)C1CCS(=O)(=O)C1. The van der Waals surface area contributed by atoms with E-state index >= 15 is 0 Å². The lowest BCUT2D eigenvalue weighted by atomic mass is 10.2. The minimum absolute atomic E-state index is 0.0247. The zero-order valence-electron chi connectivity index (χ0n) is 15.2. The van der Waals surface area contributed by atoms with Crippen LogP contribution in [-0.2, 0) is 24.2 Å². The van der Waals surface area contributed by atoms with Crippen molar-refractivity contribution in [3.05, 3.63) is 28.7 Å². The Morgan fingerprint density at radius 2 is 1.93 bits per heavy atom. The van der Waals surface area contributed by atoms with Crippen molar-refractivity contribution in [3.8, 4) is 5.75 Å². The molecule has 9 heteroatoms. The van der Waals surface area contributed by atoms with Crippen LogP contribution >= 0.6 is 15.9 Å². The summed E-state index contributed by atoms with van der Waals surface area (Å²) in [6.07, 6.45) is 2.07. The minimum Gasteiger partial charge on any atom is -0.482 e. The first-order valence-electron chi connectivity index (χ1n) is 8.84. The molecule has 0 aliphatic carbocycles. The van der Waals surface area contributed by atoms with Crippen LogP contribution in [-0.4, -0.2) is 62.5 Å². The molecule has 1 aromatic carbocycles. The van der Waals surface area contributed by atoms with E-state index in [2.05, 4.69) is 15.9 Å². The number of amides is 1. The van der Waals surface area contributed by atoms with Crippen LogP contribution in [0, 0.1) is 0 Å². The van der Waals surface area contributed by atoms with Crippen LogP contribution in [0.2, 0.25) is 0 Å². The quantitative estimate of drug-likeness (QED) is 0.523. The summed E-state index contributed by atoms with van der Waals surface area (Å²) in [5, 5.41) is 0. The van der Waals surface area contributed by atoms with Crippen molar-refractivity contribution < 1.29 is 27.5 Å². The maximum Gasteiger partial charge on any atom is 0.344 e. The molecule has 2 rings (SSSR count). The molecule has 1 aliphatic rings. The summed E-state index contributed by atoms with van der Waals surface area (Å²) in [7, 11) is -3.10. The molecular weight excluding hydrogens is 438 g/mol. The zero-order chi connectivity index (χ0) is 19.9. The Labute approximate surface area is 168 Å². The van der Waals surface area contributed by atoms with Gasteiger partial charge in [0.15, 0.2) is 23.1 Å². The summed E-state index contributed by atoms with van der Waals surface area (Å²) < 4.78 is 34.6. The molecular formula is C18H24BrNO6S. The third kappa shape index (κ3) is 7.14. The number of carbonyl (C=O) groups excluding carboxylic acids is 2. The van der Waals surface area contributed by atoms with Crippen LogP contribution in [0.15, 0.2) is 28.7 Å². The number of carbonyl (C=O) groups is 2. The summed E-state index contributed by atoms with van der Waals surface area (Å²) in [5.41, 5.74) is 0. The van der Waals surface area contributed by atoms with E-state index in [-0.39, 0.29) is 30.1 Å². The number of hydrogen-bond donors (Lipinski definition) is 0. The fourth-order valence-electron chi connectivity index (χ4n) is 2.80. The van der Waals surface area contributed by atoms with Crippen LogP contribution in [0.4, 0.5) is 0 Å². The van der Waals surface area contributed by atoms with E-state index in [0.717, 1.165) is 17.3 Å². The lowest BCUT2D eigenvalue weighted by molar-refractivity contribution is -0.154. The second-order valence-corrected chi connectivity index (χ2v) is 9.55. The highest BCUT2D eigenvalue weighted by molar-refractivity contribution is 9.10. The fourth-order valence-corrected chi connectivity index (χ4v) is 4.80. The number of unbranched alkanes of at least 4 members (excludes halogenated alkanes) is 1. The van der Waals surface area contributed by atoms with Gasteiger partial charge < -0.3 is 14.4 Å². The largest absolute Gasteiger partial charge is 0.482 e. The van der Waals surface area contributed by atoms with E-state index in [9.17, 15) is 18.0 Å². The highest BCUT2D eigenvalue weighted by atomic mass is 79.9. The molecule has 0 radical (unpaired) electrons. The van der Waals surface area contributed by atoms with Gasteiger partial charge in [0.05, 0.1) is 11.5 Å². The molecule has 0 N–H and O–H groups in total. The molecule has 0 bridgehead atoms. The van der Waals surface area contributed by atoms with E-state index in [0.29, 0.717) is 18.7 Å². The summed E-state index contributed by atoms with van der Waals surface area (Å²) in [5.74, 6) is -0.442. The van der Waals surface area contributed by atoms with Crippen molar-refractivity contribution in [1.29, 1.82) is 0 Å². The van der Waals surface area contributed by atoms with Gasteiger partial charge in [0, 0.05) is 17.1 Å². The van der Waals surface area contributed by atoms with Gasteiger partial charge in [-0.05, 0) is 37.1 Å². The summed E-state index contributed by atoms with van der Waals surface area (Å²) in [6.45, 7) is 1.74. The molecule has 1 atom stereocenters. The lowest BCUT2D eigenvalue weighted by Gasteiger charge is -2.28. The third-order valence-corrected chi connectivity index (χ3v) is 6.53. The van der Waals surface area contributed by atoms with Crippen LogP contribution < -0.4 is 4.74 Å². The lowest BCUT2D eigenvalue weighted by Crippen LogP contribution is -2.44. The van der Waals surface area contributed by atoms with Gasteiger partial charge in [0.1, 0.15) is 5.75 Å². The normalized spacial score (nSPS) is 18.1. The molecule has 7 nitrogen and oxygen atoms in total. The smallest absolute Gasteiger partial charge is 0.344 e. The first-order chi connectivity index (χ1) is 12.8. The van der Waals surface area contributed by atoms with E-state index in [1.165, 1.54) is 4.90 Å². The Morgan fingerprint density at radius 3 is 2.52 bits per heavy atom. The minimum atomic E-state index is -3.10. The summed E-state index contributed by atoms with van der Waals surface area (Å²) in [6, 6.07) is 6.63. The molecule has 0 saturated carbocycles. The maximum atomic E-state index is 12.5. The predicted molar refractivity (Wildman–Crippen MR) is 104 cm³/mol. The van der Waals surface area contributed by atoms with Gasteiger partial charge >= 0.3 is 5.97 Å². The van der Waals surface area contributed by atoms with E-state index in [1.807, 2.05) is 6.92 Å². The van der Waals surface area contributed by atoms with Gasteiger partial charge in [-0.3, -0.25) is 4.79 Å². The zero-order valence-corrected chi connectivity index (χ0v) is 17.6. The van der Waals surface area contributed by atoms with Crippen molar-refractivity contribution in [3.63, 3.8) is 0 Å². The van der Waals surface area contributed by atoms with Crippen molar-refractivity contribution in [2.75, 3.05) is 31.3 Å². The molecule has 1 fully saturated rings. The highest BCUT2D eigenvalue weighted by Crippen LogP contribution is 2.19. The molecule has 1 aliphatic heterocycles. The Morgan fingerprint density at radius 1 is 1.22 bits per heavy atom. The maximum absolute atomic E-state index is 12.5. The molecule has 1 saturated heterocycles. The molecule has 1 unspecified atom stereocenters. The number of sulfone groups is 1. The summed E-state index contributed by atoms with van der Waals surface area (Å²) >= 11 is 3.31. The Kier molecular flexibility index (Phi) is 8.09. The number of nitrogens with zero attached hydrogens (tertiary/aromatic N) is 1. The van der Waals surface area contributed by atoms with E-state index in [1.54, 1.807) is 24.3 Å². The standard InChI is InChI=1S/C18H24BrNO6S/c1-2-3-9-20(15-8-10-27(23,24)13-15)17(21)11-26-18(22)12-25-16-6-4-14(19)5-7-16/h4-7,15H,2-3,8-13H2,1H3. The highest BCUT2D eigenvalue weighted by Gasteiger charge is 2.34. The Bertz CT molecular complexity index is 750. The van der Waals surface area contributed by atoms with Gasteiger partial charge in [-0.2, -0.15) is 0 Å². The second-order valence-electron chi connectivity index (χ2n) is 6.40. The van der Waals surface area contributed by atoms with Gasteiger partial charge in [-0.1, -0.05) is 29.3 Å². The van der Waals surface area contributed by atoms with E-state index in [4.69, 9.17) is 9.47 Å². The van der Waals surface area contributed by atoms with Gasteiger partial charge in [0.25, 0.3) is 5.91 Å². The molecule has 1 amide bonds. The number of ether oxygens (including phenoxy) is 2. The number of esters is 1. The fraction of sp³-hybridized carbons (Fsp3) is 0.556. The van der Waals surface area contributed by atoms with Crippen molar-refractivity contribution >= 4 is 37.6 Å². The monoisotopic (exact) mass is 461 g/mol. The molecule has 1 aromatic rings. The van der Waals surface area contributed by atoms with Crippen LogP contribution in [0.1, 0.15) is 26.2 Å². The van der Waals surface area contributed by atoms with Gasteiger partial charge in [-0.15, -0.1) is 0 Å². The predicted octanol–water partition coefficient (Wildman–Crippen LogP) is 2.19. The Balaban J connectivity index is 1.83. The number of benzene rings is 1. The third-order valence-electron chi connectivity index (χ3n) is 4.25. The molecule has 0 spiro atoms. The van der Waals surface area contributed by atoms with Gasteiger partial charge in [0.2, 0.25) is 0 Å². The number of hydrogen-bond acceptors (Lipinski definition) is 6. The average Bonchev–Trinajstić information content (AvgIpc) is 2.99. The second kappa shape index (κ2) is 10.1. The van der Waals surface area contributed by atoms with Crippen molar-refractivity contribution in [1.82, 2.24) is 4.90 Å². The molecule has 27 heavy (non-hydrogen) atoms. The summed E-state index contributed by atoms with van der Waals surface area (Å²) in [4.78, 5) is 25.8. The number of rotatable bonds is 9. The van der Waals surface area contributed by atoms with Crippen LogP contribution in [0.25, 0.3) is 0 Å².